The minimum atomic E-state index is -0.0891. The van der Waals surface area contributed by atoms with Crippen LogP contribution in [0, 0.1) is 12.8 Å². The lowest BCUT2D eigenvalue weighted by Crippen LogP contribution is -2.51. The number of carbonyl (C=O) groups is 2. The summed E-state index contributed by atoms with van der Waals surface area (Å²) < 4.78 is 10.7. The molecule has 2 amide bonds. The van der Waals surface area contributed by atoms with Gasteiger partial charge in [0.05, 0.1) is 4.91 Å². The molecule has 0 bridgehead atoms. The molecule has 6 nitrogen and oxygen atoms in total. The molecule has 3 aliphatic rings. The molecule has 2 N–H and O–H groups in total. The Morgan fingerprint density at radius 3 is 2.81 bits per heavy atom. The number of hydrogen-bond acceptors (Lipinski definition) is 5. The van der Waals surface area contributed by atoms with Gasteiger partial charge in [-0.1, -0.05) is 35.9 Å². The maximum absolute atomic E-state index is 12.8. The third-order valence-electron chi connectivity index (χ3n) is 6.26. The van der Waals surface area contributed by atoms with Crippen molar-refractivity contribution in [1.29, 1.82) is 0 Å². The number of benzene rings is 2. The molecule has 2 aliphatic heterocycles. The lowest BCUT2D eigenvalue weighted by atomic mass is 9.84. The Balaban J connectivity index is 1.17. The fourth-order valence-corrected chi connectivity index (χ4v) is 5.72. The maximum Gasteiger partial charge on any atom is 0.257 e. The van der Waals surface area contributed by atoms with Gasteiger partial charge in [-0.2, -0.15) is 0 Å². The molecular formula is C25H26N2O4S. The van der Waals surface area contributed by atoms with Crippen molar-refractivity contribution in [2.24, 2.45) is 5.92 Å². The first kappa shape index (κ1) is 20.9. The third-order valence-corrected chi connectivity index (χ3v) is 7.68. The van der Waals surface area contributed by atoms with Gasteiger partial charge in [-0.3, -0.25) is 9.59 Å². The van der Waals surface area contributed by atoms with E-state index in [9.17, 15) is 9.59 Å². The molecule has 2 heterocycles. The van der Waals surface area contributed by atoms with E-state index in [1.807, 2.05) is 55.5 Å². The van der Waals surface area contributed by atoms with Crippen LogP contribution < -0.4 is 20.1 Å². The molecule has 166 valence electrons. The van der Waals surface area contributed by atoms with Gasteiger partial charge in [0.25, 0.3) is 5.91 Å². The average molecular weight is 451 g/mol. The normalized spacial score (nSPS) is 25.2. The van der Waals surface area contributed by atoms with Gasteiger partial charge in [0, 0.05) is 23.8 Å². The van der Waals surface area contributed by atoms with E-state index in [0.29, 0.717) is 24.0 Å². The molecule has 2 aromatic carbocycles. The van der Waals surface area contributed by atoms with Crippen molar-refractivity contribution < 1.29 is 19.1 Å². The minimum Gasteiger partial charge on any atom is -0.454 e. The van der Waals surface area contributed by atoms with Crippen molar-refractivity contribution in [3.63, 3.8) is 0 Å². The SMILES string of the molecule is Cc1ccc(/C=C2/SC3CCC(C(=O)NCc4ccc5c(c4)OCO5)CC3NC2=O)cc1. The average Bonchev–Trinajstić information content (AvgIpc) is 3.27. The summed E-state index contributed by atoms with van der Waals surface area (Å²) in [5, 5.41) is 6.50. The summed E-state index contributed by atoms with van der Waals surface area (Å²) in [5.41, 5.74) is 3.20. The zero-order valence-electron chi connectivity index (χ0n) is 17.9. The molecular weight excluding hydrogens is 424 g/mol. The molecule has 0 radical (unpaired) electrons. The smallest absolute Gasteiger partial charge is 0.257 e. The molecule has 1 aliphatic carbocycles. The van der Waals surface area contributed by atoms with E-state index in [1.165, 1.54) is 5.56 Å². The molecule has 3 unspecified atom stereocenters. The number of thioether (sulfide) groups is 1. The highest BCUT2D eigenvalue weighted by molar-refractivity contribution is 8.04. The third kappa shape index (κ3) is 4.48. The molecule has 3 atom stereocenters. The van der Waals surface area contributed by atoms with Crippen LogP contribution in [0.4, 0.5) is 0 Å². The zero-order valence-corrected chi connectivity index (χ0v) is 18.7. The summed E-state index contributed by atoms with van der Waals surface area (Å²) >= 11 is 1.65. The van der Waals surface area contributed by atoms with Crippen LogP contribution in [0.15, 0.2) is 47.4 Å². The van der Waals surface area contributed by atoms with Crippen molar-refractivity contribution in [2.75, 3.05) is 6.79 Å². The van der Waals surface area contributed by atoms with Crippen LogP contribution >= 0.6 is 11.8 Å². The molecule has 0 aromatic heterocycles. The van der Waals surface area contributed by atoms with Crippen molar-refractivity contribution in [3.8, 4) is 11.5 Å². The first-order valence-corrected chi connectivity index (χ1v) is 11.9. The van der Waals surface area contributed by atoms with Crippen molar-refractivity contribution in [2.45, 2.75) is 44.0 Å². The summed E-state index contributed by atoms with van der Waals surface area (Å²) in [6, 6.07) is 13.9. The quantitative estimate of drug-likeness (QED) is 0.694. The van der Waals surface area contributed by atoms with Gasteiger partial charge in [-0.15, -0.1) is 11.8 Å². The molecule has 7 heteroatoms. The number of hydrogen-bond donors (Lipinski definition) is 2. The van der Waals surface area contributed by atoms with Crippen LogP contribution in [0.3, 0.4) is 0 Å². The van der Waals surface area contributed by atoms with Gasteiger partial charge < -0.3 is 20.1 Å². The van der Waals surface area contributed by atoms with Crippen LogP contribution in [0.5, 0.6) is 11.5 Å². The van der Waals surface area contributed by atoms with Crippen molar-refractivity contribution >= 4 is 29.7 Å². The second kappa shape index (κ2) is 8.90. The van der Waals surface area contributed by atoms with Crippen LogP contribution in [0.1, 0.15) is 36.0 Å². The lowest BCUT2D eigenvalue weighted by molar-refractivity contribution is -0.127. The first-order chi connectivity index (χ1) is 15.5. The van der Waals surface area contributed by atoms with E-state index >= 15 is 0 Å². The fourth-order valence-electron chi connectivity index (χ4n) is 4.43. The van der Waals surface area contributed by atoms with E-state index < -0.39 is 0 Å². The summed E-state index contributed by atoms with van der Waals surface area (Å²) in [6.07, 6.45) is 4.37. The highest BCUT2D eigenvalue weighted by atomic mass is 32.2. The van der Waals surface area contributed by atoms with Gasteiger partial charge in [0.1, 0.15) is 0 Å². The number of amides is 2. The van der Waals surface area contributed by atoms with Crippen LogP contribution in [0.25, 0.3) is 6.08 Å². The van der Waals surface area contributed by atoms with Crippen LogP contribution in [0.2, 0.25) is 0 Å². The Bertz CT molecular complexity index is 1070. The number of ether oxygens (including phenoxy) is 2. The Morgan fingerprint density at radius 1 is 1.16 bits per heavy atom. The summed E-state index contributed by atoms with van der Waals surface area (Å²) in [4.78, 5) is 26.2. The summed E-state index contributed by atoms with van der Waals surface area (Å²) in [6.45, 7) is 2.74. The standard InChI is InChI=1S/C25H26N2O4S/c1-15-2-4-16(5-3-15)11-23-25(29)27-19-12-18(7-9-22(19)32-23)24(28)26-13-17-6-8-20-21(10-17)31-14-30-20/h2-6,8,10-11,18-19,22H,7,9,12-14H2,1H3,(H,26,28)(H,27,29)/b23-11+. The second-order valence-corrected chi connectivity index (χ2v) is 9.85. The van der Waals surface area contributed by atoms with Gasteiger partial charge in [0.2, 0.25) is 12.7 Å². The fraction of sp³-hybridized carbons (Fsp3) is 0.360. The molecule has 5 rings (SSSR count). The summed E-state index contributed by atoms with van der Waals surface area (Å²) in [7, 11) is 0. The van der Waals surface area contributed by atoms with Gasteiger partial charge >= 0.3 is 0 Å². The predicted octanol–water partition coefficient (Wildman–Crippen LogP) is 3.78. The van der Waals surface area contributed by atoms with Crippen LogP contribution in [-0.2, 0) is 16.1 Å². The number of rotatable bonds is 4. The molecule has 0 spiro atoms. The van der Waals surface area contributed by atoms with E-state index in [-0.39, 0.29) is 30.6 Å². The zero-order chi connectivity index (χ0) is 22.1. The summed E-state index contributed by atoms with van der Waals surface area (Å²) in [5.74, 6) is 1.36. The van der Waals surface area contributed by atoms with E-state index in [2.05, 4.69) is 10.6 Å². The van der Waals surface area contributed by atoms with Crippen molar-refractivity contribution in [1.82, 2.24) is 10.6 Å². The molecule has 2 aromatic rings. The van der Waals surface area contributed by atoms with E-state index in [4.69, 9.17) is 9.47 Å². The molecule has 1 saturated carbocycles. The van der Waals surface area contributed by atoms with Crippen molar-refractivity contribution in [3.05, 3.63) is 64.1 Å². The van der Waals surface area contributed by atoms with Crippen LogP contribution in [-0.4, -0.2) is 29.9 Å². The lowest BCUT2D eigenvalue weighted by Gasteiger charge is -2.39. The second-order valence-electron chi connectivity index (χ2n) is 8.57. The number of aryl methyl sites for hydroxylation is 1. The molecule has 1 saturated heterocycles. The Morgan fingerprint density at radius 2 is 1.97 bits per heavy atom. The minimum absolute atomic E-state index is 0.0257. The Labute approximate surface area is 191 Å². The van der Waals surface area contributed by atoms with Gasteiger partial charge in [0.15, 0.2) is 11.5 Å². The number of fused-ring (bicyclic) bond motifs is 2. The highest BCUT2D eigenvalue weighted by Crippen LogP contribution is 2.40. The first-order valence-electron chi connectivity index (χ1n) is 11.0. The number of carbonyl (C=O) groups excluding carboxylic acids is 2. The predicted molar refractivity (Wildman–Crippen MR) is 124 cm³/mol. The van der Waals surface area contributed by atoms with E-state index in [0.717, 1.165) is 34.6 Å². The highest BCUT2D eigenvalue weighted by Gasteiger charge is 2.39. The molecule has 32 heavy (non-hydrogen) atoms. The number of nitrogens with one attached hydrogen (secondary N) is 2. The van der Waals surface area contributed by atoms with Gasteiger partial charge in [-0.05, 0) is 55.5 Å². The Kier molecular flexibility index (Phi) is 5.83. The monoisotopic (exact) mass is 450 g/mol. The van der Waals surface area contributed by atoms with Gasteiger partial charge in [-0.25, -0.2) is 0 Å². The largest absolute Gasteiger partial charge is 0.454 e. The molecule has 2 fully saturated rings. The van der Waals surface area contributed by atoms with E-state index in [1.54, 1.807) is 11.8 Å². The Hall–Kier alpha value is -2.93. The maximum atomic E-state index is 12.8. The topological polar surface area (TPSA) is 76.7 Å².